The van der Waals surface area contributed by atoms with Crippen molar-refractivity contribution in [2.75, 3.05) is 0 Å². The molecule has 0 bridgehead atoms. The quantitative estimate of drug-likeness (QED) is 0.589. The van der Waals surface area contributed by atoms with Crippen LogP contribution in [-0.4, -0.2) is 0 Å². The van der Waals surface area contributed by atoms with E-state index >= 15 is 0 Å². The van der Waals surface area contributed by atoms with Crippen molar-refractivity contribution in [1.82, 2.24) is 0 Å². The Morgan fingerprint density at radius 2 is 1.35 bits per heavy atom. The van der Waals surface area contributed by atoms with Crippen LogP contribution >= 0.6 is 0 Å². The van der Waals surface area contributed by atoms with Gasteiger partial charge in [0, 0.05) is 0 Å². The maximum atomic E-state index is 4.15. The van der Waals surface area contributed by atoms with Gasteiger partial charge >= 0.3 is 0 Å². The molecule has 0 saturated carbocycles. The highest BCUT2D eigenvalue weighted by atomic mass is 14.1. The molecule has 2 rings (SSSR count). The lowest BCUT2D eigenvalue weighted by molar-refractivity contribution is 0.922. The van der Waals surface area contributed by atoms with Gasteiger partial charge in [-0.2, -0.15) is 0 Å². The number of rotatable bonds is 6. The van der Waals surface area contributed by atoms with E-state index in [0.717, 1.165) is 19.3 Å². The summed E-state index contributed by atoms with van der Waals surface area (Å²) in [4.78, 5) is 0. The normalized spacial score (nSPS) is 10.5. The molecule has 0 heteroatoms. The summed E-state index contributed by atoms with van der Waals surface area (Å²) < 4.78 is 0. The van der Waals surface area contributed by atoms with Gasteiger partial charge in [0.15, 0.2) is 0 Å². The van der Waals surface area contributed by atoms with Crippen molar-refractivity contribution in [3.8, 4) is 11.1 Å². The maximum Gasteiger partial charge on any atom is -0.0184 e. The molecule has 0 aliphatic heterocycles. The Morgan fingerprint density at radius 3 is 1.85 bits per heavy atom. The Hall–Kier alpha value is -1.82. The number of hydrogen-bond donors (Lipinski definition) is 0. The van der Waals surface area contributed by atoms with E-state index in [1.165, 1.54) is 34.2 Å². The Kier molecular flexibility index (Phi) is 5.17. The molecule has 0 aliphatic rings. The zero-order valence-corrected chi connectivity index (χ0v) is 12.7. The van der Waals surface area contributed by atoms with Crippen LogP contribution in [0.3, 0.4) is 0 Å². The van der Waals surface area contributed by atoms with Crippen LogP contribution < -0.4 is 0 Å². The Balaban J connectivity index is 2.15. The fourth-order valence-electron chi connectivity index (χ4n) is 2.50. The summed E-state index contributed by atoms with van der Waals surface area (Å²) >= 11 is 0. The van der Waals surface area contributed by atoms with E-state index in [4.69, 9.17) is 0 Å². The summed E-state index contributed by atoms with van der Waals surface area (Å²) in [6.07, 6.45) is 4.59. The number of hydrogen-bond acceptors (Lipinski definition) is 0. The Labute approximate surface area is 123 Å². The maximum absolute atomic E-state index is 4.15. The molecule has 0 amide bonds. The first-order valence-corrected chi connectivity index (χ1v) is 7.62. The van der Waals surface area contributed by atoms with Crippen molar-refractivity contribution in [2.24, 2.45) is 0 Å². The summed E-state index contributed by atoms with van der Waals surface area (Å²) in [5, 5.41) is 0. The molecular formula is C20H24. The summed E-state index contributed by atoms with van der Waals surface area (Å²) in [6, 6.07) is 17.7. The monoisotopic (exact) mass is 264 g/mol. The second-order valence-electron chi connectivity index (χ2n) is 5.38. The molecular weight excluding hydrogens is 240 g/mol. The number of allylic oxidation sites excluding steroid dienone is 1. The molecule has 0 atom stereocenters. The average molecular weight is 264 g/mol. The smallest absolute Gasteiger partial charge is 0.0184 e. The lowest BCUT2D eigenvalue weighted by atomic mass is 9.98. The van der Waals surface area contributed by atoms with Gasteiger partial charge in [-0.3, -0.25) is 0 Å². The van der Waals surface area contributed by atoms with E-state index in [2.05, 4.69) is 69.0 Å². The van der Waals surface area contributed by atoms with Crippen molar-refractivity contribution >= 4 is 5.57 Å². The molecule has 0 aromatic heterocycles. The van der Waals surface area contributed by atoms with E-state index in [1.54, 1.807) is 0 Å². The minimum absolute atomic E-state index is 1.07. The van der Waals surface area contributed by atoms with Crippen LogP contribution in [0.2, 0.25) is 0 Å². The first-order chi connectivity index (χ1) is 9.74. The molecule has 0 nitrogen and oxygen atoms in total. The molecule has 2 aromatic carbocycles. The summed E-state index contributed by atoms with van der Waals surface area (Å²) in [5.41, 5.74) is 6.48. The van der Waals surface area contributed by atoms with Gasteiger partial charge in [0.2, 0.25) is 0 Å². The first-order valence-electron chi connectivity index (χ1n) is 7.62. The van der Waals surface area contributed by atoms with Gasteiger partial charge in [0.05, 0.1) is 0 Å². The van der Waals surface area contributed by atoms with Crippen molar-refractivity contribution in [3.63, 3.8) is 0 Å². The fourth-order valence-corrected chi connectivity index (χ4v) is 2.50. The van der Waals surface area contributed by atoms with Crippen LogP contribution in [-0.2, 0) is 6.42 Å². The first kappa shape index (κ1) is 14.6. The third kappa shape index (κ3) is 3.60. The predicted molar refractivity (Wildman–Crippen MR) is 89.8 cm³/mol. The number of benzene rings is 2. The van der Waals surface area contributed by atoms with E-state index in [0.29, 0.717) is 0 Å². The SMILES string of the molecule is C=C(CCC)c1ccc(-c2ccc(CCC)cc2)cc1. The summed E-state index contributed by atoms with van der Waals surface area (Å²) in [5.74, 6) is 0. The van der Waals surface area contributed by atoms with Crippen LogP contribution in [0.1, 0.15) is 44.2 Å². The molecule has 0 saturated heterocycles. The van der Waals surface area contributed by atoms with Gasteiger partial charge in [-0.1, -0.05) is 81.8 Å². The minimum atomic E-state index is 1.07. The molecule has 0 unspecified atom stereocenters. The van der Waals surface area contributed by atoms with Crippen LogP contribution in [0.15, 0.2) is 55.1 Å². The van der Waals surface area contributed by atoms with E-state index < -0.39 is 0 Å². The van der Waals surface area contributed by atoms with Gasteiger partial charge in [0.1, 0.15) is 0 Å². The van der Waals surface area contributed by atoms with Gasteiger partial charge < -0.3 is 0 Å². The fraction of sp³-hybridized carbons (Fsp3) is 0.300. The standard InChI is InChI=1S/C20H24/c1-4-6-16(3)18-12-14-20(15-13-18)19-10-8-17(7-5-2)9-11-19/h8-15H,3-7H2,1-2H3. The molecule has 0 fully saturated rings. The van der Waals surface area contributed by atoms with Gasteiger partial charge in [-0.25, -0.2) is 0 Å². The van der Waals surface area contributed by atoms with Crippen molar-refractivity contribution in [2.45, 2.75) is 39.5 Å². The second kappa shape index (κ2) is 7.09. The van der Waals surface area contributed by atoms with Crippen LogP contribution in [0.4, 0.5) is 0 Å². The topological polar surface area (TPSA) is 0 Å². The molecule has 0 heterocycles. The largest absolute Gasteiger partial charge is 0.0952 e. The highest BCUT2D eigenvalue weighted by Gasteiger charge is 2.01. The molecule has 0 N–H and O–H groups in total. The predicted octanol–water partition coefficient (Wildman–Crippen LogP) is 6.12. The Morgan fingerprint density at radius 1 is 0.800 bits per heavy atom. The molecule has 0 spiro atoms. The highest BCUT2D eigenvalue weighted by molar-refractivity contribution is 5.69. The van der Waals surface area contributed by atoms with Crippen molar-refractivity contribution in [3.05, 3.63) is 66.2 Å². The van der Waals surface area contributed by atoms with Crippen molar-refractivity contribution in [1.29, 1.82) is 0 Å². The summed E-state index contributed by atoms with van der Waals surface area (Å²) in [6.45, 7) is 8.56. The lowest BCUT2D eigenvalue weighted by Crippen LogP contribution is -1.85. The average Bonchev–Trinajstić information content (AvgIpc) is 2.49. The van der Waals surface area contributed by atoms with E-state index in [-0.39, 0.29) is 0 Å². The van der Waals surface area contributed by atoms with E-state index in [1.807, 2.05) is 0 Å². The minimum Gasteiger partial charge on any atom is -0.0952 e. The third-order valence-corrected chi connectivity index (χ3v) is 3.67. The highest BCUT2D eigenvalue weighted by Crippen LogP contribution is 2.24. The van der Waals surface area contributed by atoms with Crippen LogP contribution in [0, 0.1) is 0 Å². The van der Waals surface area contributed by atoms with Gasteiger partial charge in [-0.05, 0) is 40.7 Å². The van der Waals surface area contributed by atoms with Gasteiger partial charge in [-0.15, -0.1) is 0 Å². The number of aryl methyl sites for hydroxylation is 1. The third-order valence-electron chi connectivity index (χ3n) is 3.67. The van der Waals surface area contributed by atoms with Crippen molar-refractivity contribution < 1.29 is 0 Å². The summed E-state index contributed by atoms with van der Waals surface area (Å²) in [7, 11) is 0. The zero-order valence-electron chi connectivity index (χ0n) is 12.7. The molecule has 2 aromatic rings. The lowest BCUT2D eigenvalue weighted by Gasteiger charge is -2.07. The van der Waals surface area contributed by atoms with Gasteiger partial charge in [0.25, 0.3) is 0 Å². The van der Waals surface area contributed by atoms with Crippen LogP contribution in [0.25, 0.3) is 16.7 Å². The second-order valence-corrected chi connectivity index (χ2v) is 5.38. The molecule has 0 radical (unpaired) electrons. The molecule has 20 heavy (non-hydrogen) atoms. The molecule has 104 valence electrons. The van der Waals surface area contributed by atoms with Crippen LogP contribution in [0.5, 0.6) is 0 Å². The zero-order chi connectivity index (χ0) is 14.4. The molecule has 0 aliphatic carbocycles. The Bertz CT molecular complexity index is 544. The van der Waals surface area contributed by atoms with E-state index in [9.17, 15) is 0 Å².